The summed E-state index contributed by atoms with van der Waals surface area (Å²) >= 11 is 5.93. The highest BCUT2D eigenvalue weighted by atomic mass is 35.5. The normalized spacial score (nSPS) is 11.8. The zero-order valence-corrected chi connectivity index (χ0v) is 15.1. The van der Waals surface area contributed by atoms with Crippen molar-refractivity contribution in [3.05, 3.63) is 70.0 Å². The maximum Gasteiger partial charge on any atom is 0.284 e. The van der Waals surface area contributed by atoms with E-state index in [4.69, 9.17) is 16.7 Å². The number of benzene rings is 1. The minimum absolute atomic E-state index is 0.112. The van der Waals surface area contributed by atoms with Crippen LogP contribution in [0.3, 0.4) is 0 Å². The fourth-order valence-electron chi connectivity index (χ4n) is 2.34. The molecule has 2 N–H and O–H groups in total. The Kier molecular flexibility index (Phi) is 5.58. The first-order valence-electron chi connectivity index (χ1n) is 8.07. The summed E-state index contributed by atoms with van der Waals surface area (Å²) in [5.41, 5.74) is 0.665. The van der Waals surface area contributed by atoms with Gasteiger partial charge in [-0.2, -0.15) is 9.78 Å². The van der Waals surface area contributed by atoms with Gasteiger partial charge < -0.3 is 10.4 Å². The van der Waals surface area contributed by atoms with E-state index in [0.29, 0.717) is 22.0 Å². The molecule has 1 atom stereocenters. The molecule has 8 nitrogen and oxygen atoms in total. The molecule has 0 aliphatic carbocycles. The largest absolute Gasteiger partial charge is 0.394 e. The average Bonchev–Trinajstić information content (AvgIpc) is 2.69. The van der Waals surface area contributed by atoms with Gasteiger partial charge in [-0.25, -0.2) is 9.97 Å². The van der Waals surface area contributed by atoms with Crippen molar-refractivity contribution in [3.8, 4) is 16.9 Å². The maximum atomic E-state index is 12.8. The second-order valence-corrected chi connectivity index (χ2v) is 6.26. The molecular formula is C18H16ClN5O3. The van der Waals surface area contributed by atoms with Crippen molar-refractivity contribution in [1.29, 1.82) is 0 Å². The molecule has 0 unspecified atom stereocenters. The van der Waals surface area contributed by atoms with Crippen molar-refractivity contribution in [2.45, 2.75) is 13.0 Å². The Bertz CT molecular complexity index is 1010. The lowest BCUT2D eigenvalue weighted by atomic mass is 10.1. The van der Waals surface area contributed by atoms with Crippen molar-refractivity contribution in [2.75, 3.05) is 6.61 Å². The molecule has 0 aliphatic heterocycles. The van der Waals surface area contributed by atoms with Crippen molar-refractivity contribution < 1.29 is 9.90 Å². The molecule has 2 heterocycles. The monoisotopic (exact) mass is 385 g/mol. The van der Waals surface area contributed by atoms with Crippen LogP contribution in [-0.4, -0.2) is 43.4 Å². The highest BCUT2D eigenvalue weighted by Crippen LogP contribution is 2.20. The zero-order valence-electron chi connectivity index (χ0n) is 14.3. The summed E-state index contributed by atoms with van der Waals surface area (Å²) in [7, 11) is 0. The van der Waals surface area contributed by atoms with Gasteiger partial charge in [0.15, 0.2) is 0 Å². The molecule has 2 aromatic heterocycles. The van der Waals surface area contributed by atoms with Gasteiger partial charge in [0.25, 0.3) is 11.5 Å². The fourth-order valence-corrected chi connectivity index (χ4v) is 2.47. The van der Waals surface area contributed by atoms with Crippen molar-refractivity contribution in [2.24, 2.45) is 0 Å². The molecule has 3 rings (SSSR count). The van der Waals surface area contributed by atoms with Crippen LogP contribution in [0.1, 0.15) is 17.3 Å². The lowest BCUT2D eigenvalue weighted by Gasteiger charge is -2.13. The van der Waals surface area contributed by atoms with Crippen molar-refractivity contribution in [1.82, 2.24) is 25.1 Å². The third-order valence-corrected chi connectivity index (χ3v) is 3.99. The molecule has 1 aromatic carbocycles. The highest BCUT2D eigenvalue weighted by Gasteiger charge is 2.19. The van der Waals surface area contributed by atoms with Gasteiger partial charge in [-0.05, 0) is 25.1 Å². The van der Waals surface area contributed by atoms with E-state index in [1.165, 1.54) is 24.8 Å². The number of aliphatic hydroxyl groups is 1. The average molecular weight is 386 g/mol. The summed E-state index contributed by atoms with van der Waals surface area (Å²) in [6.07, 6.45) is 4.17. The minimum Gasteiger partial charge on any atom is -0.394 e. The summed E-state index contributed by atoms with van der Waals surface area (Å²) in [5.74, 6) is -0.607. The number of rotatable bonds is 5. The first-order valence-corrected chi connectivity index (χ1v) is 8.45. The van der Waals surface area contributed by atoms with E-state index in [2.05, 4.69) is 20.4 Å². The summed E-state index contributed by atoms with van der Waals surface area (Å²) in [4.78, 5) is 33.1. The molecule has 0 aliphatic rings. The number of aliphatic hydroxyl groups excluding tert-OH is 1. The predicted molar refractivity (Wildman–Crippen MR) is 99.9 cm³/mol. The molecule has 0 saturated carbocycles. The molecule has 1 amide bonds. The zero-order chi connectivity index (χ0) is 19.4. The number of nitrogens with zero attached hydrogens (tertiary/aromatic N) is 4. The quantitative estimate of drug-likeness (QED) is 0.688. The molecule has 9 heteroatoms. The molecule has 0 bridgehead atoms. The number of halogens is 1. The summed E-state index contributed by atoms with van der Waals surface area (Å²) in [6.45, 7) is 1.38. The Hall–Kier alpha value is -3.10. The Labute approximate surface area is 159 Å². The van der Waals surface area contributed by atoms with Gasteiger partial charge in [0.1, 0.15) is 17.6 Å². The smallest absolute Gasteiger partial charge is 0.284 e. The molecule has 0 saturated heterocycles. The van der Waals surface area contributed by atoms with E-state index < -0.39 is 17.5 Å². The molecule has 0 radical (unpaired) electrons. The van der Waals surface area contributed by atoms with Crippen molar-refractivity contribution in [3.63, 3.8) is 0 Å². The summed E-state index contributed by atoms with van der Waals surface area (Å²) < 4.78 is 1.07. The second-order valence-electron chi connectivity index (χ2n) is 5.82. The predicted octanol–water partition coefficient (Wildman–Crippen LogP) is 1.45. The molecule has 27 heavy (non-hydrogen) atoms. The van der Waals surface area contributed by atoms with Gasteiger partial charge in [-0.15, -0.1) is 0 Å². The van der Waals surface area contributed by atoms with Crippen LogP contribution in [0.4, 0.5) is 0 Å². The van der Waals surface area contributed by atoms with Gasteiger partial charge in [0.2, 0.25) is 0 Å². The third kappa shape index (κ3) is 4.18. The third-order valence-electron chi connectivity index (χ3n) is 3.74. The molecule has 138 valence electrons. The Morgan fingerprint density at radius 3 is 2.56 bits per heavy atom. The van der Waals surface area contributed by atoms with Gasteiger partial charge in [-0.1, -0.05) is 23.7 Å². The summed E-state index contributed by atoms with van der Waals surface area (Å²) in [6, 6.07) is 7.75. The topological polar surface area (TPSA) is 110 Å². The lowest BCUT2D eigenvalue weighted by Crippen LogP contribution is -2.39. The van der Waals surface area contributed by atoms with Crippen LogP contribution in [0, 0.1) is 0 Å². The van der Waals surface area contributed by atoms with Crippen molar-refractivity contribution >= 4 is 17.5 Å². The van der Waals surface area contributed by atoms with E-state index in [1.54, 1.807) is 31.2 Å². The Balaban J connectivity index is 2.17. The van der Waals surface area contributed by atoms with Crippen LogP contribution in [0.5, 0.6) is 0 Å². The first kappa shape index (κ1) is 18.7. The highest BCUT2D eigenvalue weighted by molar-refractivity contribution is 6.30. The number of hydrogen-bond donors (Lipinski definition) is 2. The van der Waals surface area contributed by atoms with E-state index in [-0.39, 0.29) is 12.2 Å². The molecule has 3 aromatic rings. The standard InChI is InChI=1S/C18H16ClN5O3/c1-11(9-25)22-17(26)15-6-16(12-2-4-13(19)5-3-12)23-24(18(15)27)14-7-20-10-21-8-14/h2-8,10-11,25H,9H2,1H3,(H,22,26)/t11-/m1/s1. The van der Waals surface area contributed by atoms with Gasteiger partial charge in [0, 0.05) is 16.6 Å². The van der Waals surface area contributed by atoms with Gasteiger partial charge >= 0.3 is 0 Å². The van der Waals surface area contributed by atoms with E-state index in [0.717, 1.165) is 4.68 Å². The van der Waals surface area contributed by atoms with E-state index >= 15 is 0 Å². The molecule has 0 fully saturated rings. The molecule has 0 spiro atoms. The van der Waals surface area contributed by atoms with Crippen LogP contribution < -0.4 is 10.9 Å². The van der Waals surface area contributed by atoms with Crippen LogP contribution in [0.15, 0.2) is 53.8 Å². The Morgan fingerprint density at radius 2 is 1.93 bits per heavy atom. The minimum atomic E-state index is -0.620. The number of nitrogens with one attached hydrogen (secondary N) is 1. The fraction of sp³-hybridized carbons (Fsp3) is 0.167. The maximum absolute atomic E-state index is 12.8. The lowest BCUT2D eigenvalue weighted by molar-refractivity contribution is 0.0920. The van der Waals surface area contributed by atoms with Gasteiger partial charge in [-0.3, -0.25) is 9.59 Å². The summed E-state index contributed by atoms with van der Waals surface area (Å²) in [5, 5.41) is 16.6. The van der Waals surface area contributed by atoms with Crippen LogP contribution >= 0.6 is 11.6 Å². The van der Waals surface area contributed by atoms with E-state index in [9.17, 15) is 9.59 Å². The number of carbonyl (C=O) groups is 1. The van der Waals surface area contributed by atoms with Crippen LogP contribution in [0.2, 0.25) is 5.02 Å². The SMILES string of the molecule is C[C@H](CO)NC(=O)c1cc(-c2ccc(Cl)cc2)nn(-c2cncnc2)c1=O. The number of aromatic nitrogens is 4. The second kappa shape index (κ2) is 8.07. The molecular weight excluding hydrogens is 370 g/mol. The number of hydrogen-bond acceptors (Lipinski definition) is 6. The van der Waals surface area contributed by atoms with Crippen LogP contribution in [-0.2, 0) is 0 Å². The Morgan fingerprint density at radius 1 is 1.26 bits per heavy atom. The first-order chi connectivity index (χ1) is 13.0. The van der Waals surface area contributed by atoms with Gasteiger partial charge in [0.05, 0.1) is 24.7 Å². The van der Waals surface area contributed by atoms with Crippen LogP contribution in [0.25, 0.3) is 16.9 Å². The number of carbonyl (C=O) groups excluding carboxylic acids is 1. The van der Waals surface area contributed by atoms with E-state index in [1.807, 2.05) is 0 Å². The number of amides is 1.